The Hall–Kier alpha value is -0.170. The minimum atomic E-state index is -1.10. The molecule has 2 atom stereocenters. The molecular weight excluding hydrogens is 290 g/mol. The number of hydrogen-bond acceptors (Lipinski definition) is 4. The van der Waals surface area contributed by atoms with Crippen LogP contribution in [0.3, 0.4) is 0 Å². The van der Waals surface area contributed by atoms with Crippen LogP contribution in [0.4, 0.5) is 0 Å². The van der Waals surface area contributed by atoms with Crippen molar-refractivity contribution in [2.24, 2.45) is 0 Å². The molecule has 0 saturated heterocycles. The van der Waals surface area contributed by atoms with Gasteiger partial charge in [-0.1, -0.05) is 0 Å². The largest absolute Gasteiger partial charge is 0.598 e. The zero-order chi connectivity index (χ0) is 12.3. The van der Waals surface area contributed by atoms with Crippen LogP contribution >= 0.6 is 15.9 Å². The quantitative estimate of drug-likeness (QED) is 0.871. The number of nitrogens with one attached hydrogen (secondary N) is 1. The van der Waals surface area contributed by atoms with Crippen LogP contribution in [0.1, 0.15) is 39.4 Å². The molecule has 1 heterocycles. The molecule has 0 spiro atoms. The normalized spacial score (nSPS) is 15.9. The third kappa shape index (κ3) is 4.01. The molecular formula is C10H16BrN3OS. The van der Waals surface area contributed by atoms with Gasteiger partial charge in [-0.25, -0.2) is 0 Å². The molecule has 0 aromatic carbocycles. The molecule has 0 bridgehead atoms. The van der Waals surface area contributed by atoms with E-state index < -0.39 is 11.4 Å². The summed E-state index contributed by atoms with van der Waals surface area (Å²) in [6, 6.07) is 3.59. The van der Waals surface area contributed by atoms with Crippen LogP contribution in [0.5, 0.6) is 0 Å². The molecule has 6 heteroatoms. The lowest BCUT2D eigenvalue weighted by molar-refractivity contribution is 0.528. The SMILES string of the molecule is C[C@@H](N[S@+]([O-])C(C)(C)C)c1ccc(Br)nn1. The van der Waals surface area contributed by atoms with Crippen LogP contribution in [-0.2, 0) is 11.4 Å². The molecule has 0 radical (unpaired) electrons. The first-order chi connectivity index (χ1) is 7.30. The number of aromatic nitrogens is 2. The molecule has 16 heavy (non-hydrogen) atoms. The van der Waals surface area contributed by atoms with Crippen molar-refractivity contribution in [2.75, 3.05) is 0 Å². The van der Waals surface area contributed by atoms with Crippen molar-refractivity contribution in [1.82, 2.24) is 14.9 Å². The van der Waals surface area contributed by atoms with Gasteiger partial charge in [0.25, 0.3) is 0 Å². The second kappa shape index (κ2) is 5.44. The molecule has 4 nitrogen and oxygen atoms in total. The number of rotatable bonds is 3. The second-order valence-corrected chi connectivity index (χ2v) is 7.31. The smallest absolute Gasteiger partial charge is 0.136 e. The summed E-state index contributed by atoms with van der Waals surface area (Å²) in [7, 11) is 0. The summed E-state index contributed by atoms with van der Waals surface area (Å²) in [5, 5.41) is 7.92. The fourth-order valence-electron chi connectivity index (χ4n) is 0.955. The van der Waals surface area contributed by atoms with Crippen molar-refractivity contribution in [3.05, 3.63) is 22.4 Å². The van der Waals surface area contributed by atoms with E-state index in [-0.39, 0.29) is 10.8 Å². The third-order valence-corrected chi connectivity index (χ3v) is 4.04. The molecule has 0 unspecified atom stereocenters. The van der Waals surface area contributed by atoms with Gasteiger partial charge in [0.2, 0.25) is 0 Å². The number of halogens is 1. The van der Waals surface area contributed by atoms with Gasteiger partial charge in [0, 0.05) is 11.4 Å². The van der Waals surface area contributed by atoms with E-state index in [1.165, 1.54) is 0 Å². The summed E-state index contributed by atoms with van der Waals surface area (Å²) in [4.78, 5) is 0. The lowest BCUT2D eigenvalue weighted by atomic mass is 10.2. The van der Waals surface area contributed by atoms with Crippen LogP contribution in [0, 0.1) is 0 Å². The van der Waals surface area contributed by atoms with Crippen molar-refractivity contribution >= 4 is 27.3 Å². The van der Waals surface area contributed by atoms with E-state index in [2.05, 4.69) is 30.8 Å². The van der Waals surface area contributed by atoms with Gasteiger partial charge in [-0.2, -0.15) is 5.10 Å². The number of nitrogens with zero attached hydrogens (tertiary/aromatic N) is 2. The average Bonchev–Trinajstić information content (AvgIpc) is 2.17. The summed E-state index contributed by atoms with van der Waals surface area (Å²) in [6.45, 7) is 7.70. The zero-order valence-corrected chi connectivity index (χ0v) is 12.2. The average molecular weight is 306 g/mol. The molecule has 0 aliphatic rings. The van der Waals surface area contributed by atoms with Crippen molar-refractivity contribution < 1.29 is 4.55 Å². The van der Waals surface area contributed by atoms with Crippen LogP contribution in [0.2, 0.25) is 0 Å². The van der Waals surface area contributed by atoms with Crippen LogP contribution in [-0.4, -0.2) is 19.5 Å². The summed E-state index contributed by atoms with van der Waals surface area (Å²) >= 11 is 2.12. The monoisotopic (exact) mass is 305 g/mol. The first kappa shape index (κ1) is 13.9. The summed E-state index contributed by atoms with van der Waals surface area (Å²) in [6.07, 6.45) is 0. The Morgan fingerprint density at radius 3 is 2.44 bits per heavy atom. The zero-order valence-electron chi connectivity index (χ0n) is 9.82. The van der Waals surface area contributed by atoms with Crippen molar-refractivity contribution in [3.8, 4) is 0 Å². The Kier molecular flexibility index (Phi) is 4.73. The molecule has 1 N–H and O–H groups in total. The Morgan fingerprint density at radius 2 is 2.00 bits per heavy atom. The summed E-state index contributed by atoms with van der Waals surface area (Å²) in [5.41, 5.74) is 0.779. The molecule has 1 rings (SSSR count). The molecule has 1 aromatic rings. The maximum atomic E-state index is 11.9. The number of hydrogen-bond donors (Lipinski definition) is 1. The van der Waals surface area contributed by atoms with Gasteiger partial charge in [-0.05, 0) is 55.8 Å². The van der Waals surface area contributed by atoms with E-state index in [0.29, 0.717) is 4.60 Å². The Bertz CT molecular complexity index is 339. The predicted octanol–water partition coefficient (Wildman–Crippen LogP) is 2.35. The lowest BCUT2D eigenvalue weighted by Gasteiger charge is -2.26. The van der Waals surface area contributed by atoms with E-state index in [0.717, 1.165) is 5.69 Å². The highest BCUT2D eigenvalue weighted by Crippen LogP contribution is 2.18. The minimum absolute atomic E-state index is 0.0827. The Balaban J connectivity index is 2.65. The second-order valence-electron chi connectivity index (χ2n) is 4.50. The van der Waals surface area contributed by atoms with Crippen LogP contribution in [0.25, 0.3) is 0 Å². The first-order valence-electron chi connectivity index (χ1n) is 4.98. The maximum Gasteiger partial charge on any atom is 0.136 e. The topological polar surface area (TPSA) is 60.9 Å². The van der Waals surface area contributed by atoms with E-state index in [9.17, 15) is 4.55 Å². The predicted molar refractivity (Wildman–Crippen MR) is 69.2 cm³/mol. The molecule has 1 aromatic heterocycles. The van der Waals surface area contributed by atoms with E-state index in [4.69, 9.17) is 0 Å². The molecule has 0 fully saturated rings. The fourth-order valence-corrected chi connectivity index (χ4v) is 1.96. The Labute approximate surface area is 108 Å². The highest BCUT2D eigenvalue weighted by atomic mass is 79.9. The van der Waals surface area contributed by atoms with Gasteiger partial charge in [0.1, 0.15) is 9.35 Å². The third-order valence-electron chi connectivity index (χ3n) is 1.94. The Morgan fingerprint density at radius 1 is 1.38 bits per heavy atom. The molecule has 0 aliphatic heterocycles. The van der Waals surface area contributed by atoms with Gasteiger partial charge < -0.3 is 4.55 Å². The maximum absolute atomic E-state index is 11.9. The summed E-state index contributed by atoms with van der Waals surface area (Å²) < 4.78 is 15.3. The van der Waals surface area contributed by atoms with Gasteiger partial charge in [0.15, 0.2) is 0 Å². The van der Waals surface area contributed by atoms with Crippen molar-refractivity contribution in [1.29, 1.82) is 0 Å². The van der Waals surface area contributed by atoms with Gasteiger partial charge in [-0.3, -0.25) is 0 Å². The highest BCUT2D eigenvalue weighted by Gasteiger charge is 2.28. The highest BCUT2D eigenvalue weighted by molar-refractivity contribution is 9.10. The summed E-state index contributed by atoms with van der Waals surface area (Å²) in [5.74, 6) is 0. The minimum Gasteiger partial charge on any atom is -0.598 e. The standard InChI is InChI=1S/C10H16BrN3OS/c1-7(14-16(15)10(2,3)4)8-5-6-9(11)13-12-8/h5-7,14H,1-4H3/t7-,16-/m1/s1. The van der Waals surface area contributed by atoms with Crippen LogP contribution < -0.4 is 4.72 Å². The first-order valence-corrected chi connectivity index (χ1v) is 6.92. The fraction of sp³-hybridized carbons (Fsp3) is 0.600. The van der Waals surface area contributed by atoms with E-state index >= 15 is 0 Å². The van der Waals surface area contributed by atoms with Crippen LogP contribution in [0.15, 0.2) is 16.7 Å². The molecule has 90 valence electrons. The van der Waals surface area contributed by atoms with E-state index in [1.54, 1.807) is 0 Å². The molecule has 0 amide bonds. The van der Waals surface area contributed by atoms with Crippen molar-refractivity contribution in [2.45, 2.75) is 38.5 Å². The molecule has 0 saturated carbocycles. The van der Waals surface area contributed by atoms with Crippen molar-refractivity contribution in [3.63, 3.8) is 0 Å². The molecule has 0 aliphatic carbocycles. The van der Waals surface area contributed by atoms with E-state index in [1.807, 2.05) is 39.8 Å². The van der Waals surface area contributed by atoms with Gasteiger partial charge in [0.05, 0.1) is 11.7 Å². The van der Waals surface area contributed by atoms with Gasteiger partial charge in [-0.15, -0.1) is 9.82 Å². The lowest BCUT2D eigenvalue weighted by Crippen LogP contribution is -2.40. The van der Waals surface area contributed by atoms with Gasteiger partial charge >= 0.3 is 0 Å².